The number of rotatable bonds is 2. The second-order valence-corrected chi connectivity index (χ2v) is 4.47. The highest BCUT2D eigenvalue weighted by molar-refractivity contribution is 6.30. The Kier molecular flexibility index (Phi) is 3.07. The topological polar surface area (TPSA) is 37.6 Å². The van der Waals surface area contributed by atoms with Crippen molar-refractivity contribution in [3.8, 4) is 0 Å². The SMILES string of the molecule is CCc1nc2cc(Cl)ccn2c1C(=O)N(C)C. The molecule has 0 N–H and O–H groups in total. The Morgan fingerprint density at radius 2 is 2.24 bits per heavy atom. The number of halogens is 1. The van der Waals surface area contributed by atoms with Crippen LogP contribution in [0.4, 0.5) is 0 Å². The Balaban J connectivity index is 2.71. The second-order valence-electron chi connectivity index (χ2n) is 4.03. The molecule has 0 saturated carbocycles. The predicted molar refractivity (Wildman–Crippen MR) is 67.6 cm³/mol. The molecule has 0 saturated heterocycles. The van der Waals surface area contributed by atoms with E-state index in [0.29, 0.717) is 22.8 Å². The summed E-state index contributed by atoms with van der Waals surface area (Å²) >= 11 is 5.92. The van der Waals surface area contributed by atoms with Gasteiger partial charge in [0.2, 0.25) is 0 Å². The molecule has 5 heteroatoms. The Bertz CT molecular complexity index is 574. The number of imidazole rings is 1. The predicted octanol–water partition coefficient (Wildman–Crippen LogP) is 2.25. The van der Waals surface area contributed by atoms with E-state index in [2.05, 4.69) is 4.98 Å². The van der Waals surface area contributed by atoms with E-state index >= 15 is 0 Å². The molecule has 2 aromatic heterocycles. The van der Waals surface area contributed by atoms with E-state index in [1.807, 2.05) is 6.92 Å². The minimum absolute atomic E-state index is 0.0447. The van der Waals surface area contributed by atoms with Crippen LogP contribution in [0.3, 0.4) is 0 Å². The van der Waals surface area contributed by atoms with Gasteiger partial charge in [0.1, 0.15) is 11.3 Å². The monoisotopic (exact) mass is 251 g/mol. The van der Waals surface area contributed by atoms with Crippen molar-refractivity contribution in [2.75, 3.05) is 14.1 Å². The molecule has 0 fully saturated rings. The van der Waals surface area contributed by atoms with Gasteiger partial charge in [-0.1, -0.05) is 18.5 Å². The van der Waals surface area contributed by atoms with E-state index in [1.54, 1.807) is 41.7 Å². The van der Waals surface area contributed by atoms with Gasteiger partial charge < -0.3 is 4.90 Å². The van der Waals surface area contributed by atoms with Gasteiger partial charge >= 0.3 is 0 Å². The van der Waals surface area contributed by atoms with E-state index in [4.69, 9.17) is 11.6 Å². The molecule has 2 aromatic rings. The summed E-state index contributed by atoms with van der Waals surface area (Å²) in [7, 11) is 3.47. The number of nitrogens with zero attached hydrogens (tertiary/aromatic N) is 3. The van der Waals surface area contributed by atoms with E-state index < -0.39 is 0 Å². The summed E-state index contributed by atoms with van der Waals surface area (Å²) in [6.45, 7) is 1.98. The fraction of sp³-hybridized carbons (Fsp3) is 0.333. The van der Waals surface area contributed by atoms with Gasteiger partial charge in [-0.15, -0.1) is 0 Å². The third kappa shape index (κ3) is 2.00. The number of carbonyl (C=O) groups excluding carboxylic acids is 1. The minimum atomic E-state index is -0.0447. The van der Waals surface area contributed by atoms with Crippen LogP contribution in [0.5, 0.6) is 0 Å². The van der Waals surface area contributed by atoms with Crippen LogP contribution in [0, 0.1) is 0 Å². The lowest BCUT2D eigenvalue weighted by molar-refractivity contribution is 0.0820. The normalized spacial score (nSPS) is 10.8. The zero-order chi connectivity index (χ0) is 12.6. The van der Waals surface area contributed by atoms with Crippen LogP contribution in [-0.2, 0) is 6.42 Å². The first kappa shape index (κ1) is 11.9. The summed E-state index contributed by atoms with van der Waals surface area (Å²) in [5.74, 6) is -0.0447. The van der Waals surface area contributed by atoms with Crippen LogP contribution < -0.4 is 0 Å². The van der Waals surface area contributed by atoms with E-state index in [0.717, 1.165) is 5.69 Å². The number of pyridine rings is 1. The van der Waals surface area contributed by atoms with Crippen molar-refractivity contribution in [2.24, 2.45) is 0 Å². The molecular weight excluding hydrogens is 238 g/mol. The van der Waals surface area contributed by atoms with Crippen molar-refractivity contribution in [1.82, 2.24) is 14.3 Å². The summed E-state index contributed by atoms with van der Waals surface area (Å²) in [5, 5.41) is 0.619. The van der Waals surface area contributed by atoms with Crippen LogP contribution in [-0.4, -0.2) is 34.3 Å². The van der Waals surface area contributed by atoms with Gasteiger partial charge in [-0.05, 0) is 12.5 Å². The summed E-state index contributed by atoms with van der Waals surface area (Å²) in [6, 6.07) is 3.51. The third-order valence-electron chi connectivity index (χ3n) is 2.60. The van der Waals surface area contributed by atoms with Gasteiger partial charge in [0, 0.05) is 31.4 Å². The second kappa shape index (κ2) is 4.37. The first-order valence-electron chi connectivity index (χ1n) is 5.42. The molecule has 0 aliphatic heterocycles. The van der Waals surface area contributed by atoms with Gasteiger partial charge in [0.25, 0.3) is 5.91 Å². The lowest BCUT2D eigenvalue weighted by atomic mass is 10.2. The maximum absolute atomic E-state index is 12.1. The highest BCUT2D eigenvalue weighted by atomic mass is 35.5. The number of fused-ring (bicyclic) bond motifs is 1. The average Bonchev–Trinajstić information content (AvgIpc) is 2.65. The number of amides is 1. The molecule has 2 heterocycles. The lowest BCUT2D eigenvalue weighted by Crippen LogP contribution is -2.24. The van der Waals surface area contributed by atoms with E-state index in [1.165, 1.54) is 0 Å². The van der Waals surface area contributed by atoms with Crippen LogP contribution >= 0.6 is 11.6 Å². The molecule has 0 radical (unpaired) electrons. The highest BCUT2D eigenvalue weighted by Crippen LogP contribution is 2.18. The van der Waals surface area contributed by atoms with Crippen LogP contribution in [0.2, 0.25) is 5.02 Å². The van der Waals surface area contributed by atoms with Gasteiger partial charge in [0.15, 0.2) is 0 Å². The van der Waals surface area contributed by atoms with Gasteiger partial charge in [-0.25, -0.2) is 4.98 Å². The Hall–Kier alpha value is -1.55. The van der Waals surface area contributed by atoms with Crippen molar-refractivity contribution in [2.45, 2.75) is 13.3 Å². The number of hydrogen-bond donors (Lipinski definition) is 0. The average molecular weight is 252 g/mol. The molecule has 17 heavy (non-hydrogen) atoms. The first-order valence-corrected chi connectivity index (χ1v) is 5.80. The molecule has 0 aliphatic carbocycles. The van der Waals surface area contributed by atoms with E-state index in [-0.39, 0.29) is 5.91 Å². The zero-order valence-corrected chi connectivity index (χ0v) is 10.8. The molecule has 2 rings (SSSR count). The number of carbonyl (C=O) groups is 1. The summed E-state index contributed by atoms with van der Waals surface area (Å²) in [4.78, 5) is 18.1. The quantitative estimate of drug-likeness (QED) is 0.821. The van der Waals surface area contributed by atoms with Crippen molar-refractivity contribution in [3.63, 3.8) is 0 Å². The third-order valence-corrected chi connectivity index (χ3v) is 2.84. The molecule has 0 spiro atoms. The number of aryl methyl sites for hydroxylation is 1. The first-order chi connectivity index (χ1) is 8.04. The maximum Gasteiger partial charge on any atom is 0.272 e. The van der Waals surface area contributed by atoms with Gasteiger partial charge in [-0.3, -0.25) is 9.20 Å². The minimum Gasteiger partial charge on any atom is -0.343 e. The van der Waals surface area contributed by atoms with Crippen molar-refractivity contribution >= 4 is 23.2 Å². The number of hydrogen-bond acceptors (Lipinski definition) is 2. The molecule has 90 valence electrons. The van der Waals surface area contributed by atoms with Gasteiger partial charge in [-0.2, -0.15) is 0 Å². The summed E-state index contributed by atoms with van der Waals surface area (Å²) in [5.41, 5.74) is 2.12. The highest BCUT2D eigenvalue weighted by Gasteiger charge is 2.19. The molecule has 0 bridgehead atoms. The molecule has 0 aromatic carbocycles. The Morgan fingerprint density at radius 1 is 1.53 bits per heavy atom. The van der Waals surface area contributed by atoms with Crippen LogP contribution in [0.15, 0.2) is 18.3 Å². The van der Waals surface area contributed by atoms with Crippen LogP contribution in [0.1, 0.15) is 23.1 Å². The van der Waals surface area contributed by atoms with Gasteiger partial charge in [0.05, 0.1) is 5.69 Å². The van der Waals surface area contributed by atoms with Crippen molar-refractivity contribution < 1.29 is 4.79 Å². The zero-order valence-electron chi connectivity index (χ0n) is 10.1. The molecule has 0 aliphatic rings. The fourth-order valence-corrected chi connectivity index (χ4v) is 1.91. The summed E-state index contributed by atoms with van der Waals surface area (Å²) < 4.78 is 1.78. The Labute approximate surface area is 105 Å². The standard InChI is InChI=1S/C12H14ClN3O/c1-4-9-11(12(17)15(2)3)16-6-5-8(13)7-10(16)14-9/h5-7H,4H2,1-3H3. The Morgan fingerprint density at radius 3 is 2.82 bits per heavy atom. The largest absolute Gasteiger partial charge is 0.343 e. The fourth-order valence-electron chi connectivity index (χ4n) is 1.75. The molecular formula is C12H14ClN3O. The van der Waals surface area contributed by atoms with E-state index in [9.17, 15) is 4.79 Å². The molecule has 1 amide bonds. The molecule has 0 atom stereocenters. The van der Waals surface area contributed by atoms with Crippen molar-refractivity contribution in [3.05, 3.63) is 34.7 Å². The van der Waals surface area contributed by atoms with Crippen LogP contribution in [0.25, 0.3) is 5.65 Å². The van der Waals surface area contributed by atoms with Crippen molar-refractivity contribution in [1.29, 1.82) is 0 Å². The molecule has 4 nitrogen and oxygen atoms in total. The summed E-state index contributed by atoms with van der Waals surface area (Å²) in [6.07, 6.45) is 2.49. The maximum atomic E-state index is 12.1. The molecule has 0 unspecified atom stereocenters. The lowest BCUT2D eigenvalue weighted by Gasteiger charge is -2.10. The number of aromatic nitrogens is 2. The smallest absolute Gasteiger partial charge is 0.272 e.